The van der Waals surface area contributed by atoms with Crippen molar-refractivity contribution < 1.29 is 0 Å². The quantitative estimate of drug-likeness (QED) is 0.127. The fraction of sp³-hybridized carbons (Fsp3) is 0. The molecule has 0 saturated carbocycles. The first kappa shape index (κ1) is 31.8. The number of nitrogens with zero attached hydrogens (tertiary/aromatic N) is 3. The highest BCUT2D eigenvalue weighted by atomic mass is 15.1. The number of fused-ring (bicyclic) bond motifs is 4. The molecule has 0 fully saturated rings. The molecule has 10 aromatic carbocycles. The molecule has 3 heteroatoms. The number of hydrogen-bond donors (Lipinski definition) is 0. The van der Waals surface area contributed by atoms with E-state index in [1.54, 1.807) is 0 Å². The predicted molar refractivity (Wildman–Crippen MR) is 237 cm³/mol. The molecule has 0 saturated heterocycles. The zero-order chi connectivity index (χ0) is 37.2. The van der Waals surface area contributed by atoms with Crippen molar-refractivity contribution in [3.8, 4) is 11.8 Å². The number of nitriles is 1. The van der Waals surface area contributed by atoms with Crippen LogP contribution < -0.4 is 4.90 Å². The summed E-state index contributed by atoms with van der Waals surface area (Å²) in [5.41, 5.74) is 9.78. The zero-order valence-electron chi connectivity index (χ0n) is 30.4. The molecule has 0 aliphatic carbocycles. The van der Waals surface area contributed by atoms with Gasteiger partial charge >= 0.3 is 0 Å². The van der Waals surface area contributed by atoms with Crippen molar-refractivity contribution in [3.05, 3.63) is 205 Å². The van der Waals surface area contributed by atoms with Crippen LogP contribution in [0.1, 0.15) is 16.7 Å². The van der Waals surface area contributed by atoms with E-state index >= 15 is 0 Å². The minimum atomic E-state index is 0.643. The Kier molecular flexibility index (Phi) is 7.23. The van der Waals surface area contributed by atoms with Crippen molar-refractivity contribution in [1.82, 2.24) is 4.57 Å². The predicted octanol–water partition coefficient (Wildman–Crippen LogP) is 14.3. The molecule has 0 amide bonds. The molecular formula is C53H33N3. The van der Waals surface area contributed by atoms with E-state index in [0.29, 0.717) is 5.56 Å². The molecule has 0 unspecified atom stereocenters. The molecule has 0 N–H and O–H groups in total. The standard InChI is InChI=1S/C53H33N3/c54-34-36-14-23-44(24-15-36)55(45-25-20-37-7-4-5-8-40(37)32-45)46-26-29-48-42(33-46)19-18-41-31-35(16-27-47(41)48)13-17-38-22-30-51-53-49(38)28-21-39-9-6-12-50(52(39)53)56(51)43-10-2-1-3-11-43/h1-33H. The summed E-state index contributed by atoms with van der Waals surface area (Å²) in [5.74, 6) is 0. The summed E-state index contributed by atoms with van der Waals surface area (Å²) < 4.78 is 2.39. The van der Waals surface area contributed by atoms with Crippen LogP contribution in [-0.2, 0) is 0 Å². The van der Waals surface area contributed by atoms with E-state index in [1.165, 1.54) is 76.1 Å². The summed E-state index contributed by atoms with van der Waals surface area (Å²) in [6.45, 7) is 0. The van der Waals surface area contributed by atoms with Crippen LogP contribution in [0, 0.1) is 11.3 Å². The van der Waals surface area contributed by atoms with Gasteiger partial charge in [-0.3, -0.25) is 0 Å². The molecule has 3 nitrogen and oxygen atoms in total. The van der Waals surface area contributed by atoms with E-state index in [-0.39, 0.29) is 0 Å². The Morgan fingerprint density at radius 3 is 1.88 bits per heavy atom. The number of rotatable bonds is 6. The molecule has 0 bridgehead atoms. The van der Waals surface area contributed by atoms with E-state index in [1.807, 2.05) is 24.3 Å². The van der Waals surface area contributed by atoms with Gasteiger partial charge in [0.05, 0.1) is 22.7 Å². The van der Waals surface area contributed by atoms with Crippen molar-refractivity contribution in [2.24, 2.45) is 0 Å². The van der Waals surface area contributed by atoms with Gasteiger partial charge in [0.15, 0.2) is 0 Å². The van der Waals surface area contributed by atoms with Gasteiger partial charge in [0.1, 0.15) is 0 Å². The first-order valence-electron chi connectivity index (χ1n) is 19.0. The molecular weight excluding hydrogens is 679 g/mol. The van der Waals surface area contributed by atoms with Crippen LogP contribution in [0.25, 0.3) is 82.7 Å². The fourth-order valence-electron chi connectivity index (χ4n) is 8.67. The highest BCUT2D eigenvalue weighted by molar-refractivity contribution is 6.25. The molecule has 1 aromatic heterocycles. The molecule has 0 spiro atoms. The molecule has 0 aliphatic heterocycles. The molecule has 0 atom stereocenters. The van der Waals surface area contributed by atoms with Gasteiger partial charge in [-0.25, -0.2) is 0 Å². The Morgan fingerprint density at radius 1 is 0.429 bits per heavy atom. The Morgan fingerprint density at radius 2 is 1.05 bits per heavy atom. The average molecular weight is 712 g/mol. The van der Waals surface area contributed by atoms with Crippen LogP contribution in [0.5, 0.6) is 0 Å². The van der Waals surface area contributed by atoms with E-state index in [2.05, 4.69) is 191 Å². The largest absolute Gasteiger partial charge is 0.310 e. The summed E-state index contributed by atoms with van der Waals surface area (Å²) in [7, 11) is 0. The van der Waals surface area contributed by atoms with Crippen LogP contribution >= 0.6 is 0 Å². The molecule has 260 valence electrons. The maximum atomic E-state index is 9.48. The highest BCUT2D eigenvalue weighted by Gasteiger charge is 2.18. The maximum absolute atomic E-state index is 9.48. The molecule has 11 rings (SSSR count). The minimum absolute atomic E-state index is 0.643. The Bertz CT molecular complexity index is 3360. The number of para-hydroxylation sites is 1. The highest BCUT2D eigenvalue weighted by Crippen LogP contribution is 2.41. The van der Waals surface area contributed by atoms with Gasteiger partial charge in [-0.15, -0.1) is 0 Å². The Balaban J connectivity index is 0.964. The van der Waals surface area contributed by atoms with Gasteiger partial charge < -0.3 is 9.47 Å². The maximum Gasteiger partial charge on any atom is 0.0991 e. The molecule has 0 aliphatic rings. The number of hydrogen-bond acceptors (Lipinski definition) is 2. The first-order valence-corrected chi connectivity index (χ1v) is 19.0. The summed E-state index contributed by atoms with van der Waals surface area (Å²) in [6, 6.07) is 69.4. The zero-order valence-corrected chi connectivity index (χ0v) is 30.4. The SMILES string of the molecule is N#Cc1ccc(N(c2ccc3ccccc3c2)c2ccc3c(ccc4cc(C=Cc5ccc6c7c5ccc5cccc(c57)n6-c5ccccc5)ccc43)c2)cc1. The van der Waals surface area contributed by atoms with Crippen LogP contribution in [0.15, 0.2) is 188 Å². The lowest BCUT2D eigenvalue weighted by atomic mass is 9.97. The lowest BCUT2D eigenvalue weighted by molar-refractivity contribution is 1.18. The second-order valence-electron chi connectivity index (χ2n) is 14.5. The summed E-state index contributed by atoms with van der Waals surface area (Å²) in [5, 5.41) is 21.8. The van der Waals surface area contributed by atoms with Gasteiger partial charge in [-0.1, -0.05) is 121 Å². The topological polar surface area (TPSA) is 32.0 Å². The minimum Gasteiger partial charge on any atom is -0.310 e. The van der Waals surface area contributed by atoms with Crippen LogP contribution in [0.3, 0.4) is 0 Å². The smallest absolute Gasteiger partial charge is 0.0991 e. The van der Waals surface area contributed by atoms with Gasteiger partial charge in [0, 0.05) is 33.5 Å². The Labute approximate surface area is 324 Å². The second kappa shape index (κ2) is 12.7. The summed E-state index contributed by atoms with van der Waals surface area (Å²) >= 11 is 0. The molecule has 11 aromatic rings. The van der Waals surface area contributed by atoms with Crippen molar-refractivity contribution in [2.45, 2.75) is 0 Å². The van der Waals surface area contributed by atoms with Crippen LogP contribution in [0.2, 0.25) is 0 Å². The first-order chi connectivity index (χ1) is 27.7. The van der Waals surface area contributed by atoms with Gasteiger partial charge in [-0.2, -0.15) is 5.26 Å². The van der Waals surface area contributed by atoms with Crippen molar-refractivity contribution >= 4 is 94.1 Å². The fourth-order valence-corrected chi connectivity index (χ4v) is 8.67. The third-order valence-electron chi connectivity index (χ3n) is 11.3. The van der Waals surface area contributed by atoms with E-state index in [0.717, 1.165) is 22.6 Å². The Hall–Kier alpha value is -7.67. The van der Waals surface area contributed by atoms with Crippen LogP contribution in [0.4, 0.5) is 17.1 Å². The van der Waals surface area contributed by atoms with Gasteiger partial charge in [0.2, 0.25) is 0 Å². The third-order valence-corrected chi connectivity index (χ3v) is 11.3. The van der Waals surface area contributed by atoms with Crippen LogP contribution in [-0.4, -0.2) is 4.57 Å². The second-order valence-corrected chi connectivity index (χ2v) is 14.5. The summed E-state index contributed by atoms with van der Waals surface area (Å²) in [4.78, 5) is 2.27. The van der Waals surface area contributed by atoms with E-state index in [4.69, 9.17) is 0 Å². The average Bonchev–Trinajstić information content (AvgIpc) is 3.61. The van der Waals surface area contributed by atoms with E-state index < -0.39 is 0 Å². The third kappa shape index (κ3) is 5.12. The van der Waals surface area contributed by atoms with E-state index in [9.17, 15) is 5.26 Å². The number of benzene rings is 10. The van der Waals surface area contributed by atoms with Gasteiger partial charge in [-0.05, 0) is 133 Å². The normalized spacial score (nSPS) is 11.8. The monoisotopic (exact) mass is 711 g/mol. The molecule has 0 radical (unpaired) electrons. The van der Waals surface area contributed by atoms with Crippen molar-refractivity contribution in [3.63, 3.8) is 0 Å². The molecule has 1 heterocycles. The van der Waals surface area contributed by atoms with Gasteiger partial charge in [0.25, 0.3) is 0 Å². The van der Waals surface area contributed by atoms with Crippen molar-refractivity contribution in [1.29, 1.82) is 5.26 Å². The number of anilines is 3. The lowest BCUT2D eigenvalue weighted by Crippen LogP contribution is -2.10. The number of aromatic nitrogens is 1. The molecule has 56 heavy (non-hydrogen) atoms. The van der Waals surface area contributed by atoms with Crippen molar-refractivity contribution in [2.75, 3.05) is 4.90 Å². The lowest BCUT2D eigenvalue weighted by Gasteiger charge is -2.26. The summed E-state index contributed by atoms with van der Waals surface area (Å²) in [6.07, 6.45) is 4.50.